The summed E-state index contributed by atoms with van der Waals surface area (Å²) >= 11 is 0. The molecular formula is C20H17N3O2. The predicted molar refractivity (Wildman–Crippen MR) is 98.4 cm³/mol. The molecule has 124 valence electrons. The normalized spacial score (nSPS) is 10.7. The predicted octanol–water partition coefficient (Wildman–Crippen LogP) is 2.80. The fourth-order valence-electron chi connectivity index (χ4n) is 2.48. The Bertz CT molecular complexity index is 936. The average molecular weight is 331 g/mol. The summed E-state index contributed by atoms with van der Waals surface area (Å²) in [5.74, 6) is 2.94. The molecule has 3 aromatic rings. The van der Waals surface area contributed by atoms with Gasteiger partial charge < -0.3 is 9.30 Å². The number of rotatable bonds is 6. The van der Waals surface area contributed by atoms with Crippen molar-refractivity contribution in [3.8, 4) is 18.1 Å². The molecule has 3 rings (SSSR count). The van der Waals surface area contributed by atoms with Crippen LogP contribution in [0.2, 0.25) is 0 Å². The summed E-state index contributed by atoms with van der Waals surface area (Å²) in [6, 6.07) is 17.0. The van der Waals surface area contributed by atoms with E-state index in [-0.39, 0.29) is 12.5 Å². The van der Waals surface area contributed by atoms with Gasteiger partial charge in [-0.15, -0.1) is 6.42 Å². The fraction of sp³-hybridized carbons (Fsp3) is 0.100. The number of carbonyl (C=O) groups excluding carboxylic acids is 1. The minimum atomic E-state index is -0.326. The van der Waals surface area contributed by atoms with E-state index in [2.05, 4.69) is 16.4 Å². The SMILES string of the molecule is C#CCn1cc(/C=N\NC(=O)COc2ccccc2)c2ccccc21. The van der Waals surface area contributed by atoms with E-state index in [0.717, 1.165) is 16.5 Å². The number of carbonyl (C=O) groups is 1. The van der Waals surface area contributed by atoms with Crippen LogP contribution in [0.25, 0.3) is 10.9 Å². The van der Waals surface area contributed by atoms with Gasteiger partial charge in [0.25, 0.3) is 5.91 Å². The Balaban J connectivity index is 1.63. The second-order valence-corrected chi connectivity index (χ2v) is 5.33. The van der Waals surface area contributed by atoms with Gasteiger partial charge in [0.2, 0.25) is 0 Å². The lowest BCUT2D eigenvalue weighted by atomic mass is 10.2. The van der Waals surface area contributed by atoms with E-state index in [9.17, 15) is 4.79 Å². The van der Waals surface area contributed by atoms with E-state index in [0.29, 0.717) is 12.3 Å². The van der Waals surface area contributed by atoms with Gasteiger partial charge in [-0.05, 0) is 18.2 Å². The van der Waals surface area contributed by atoms with E-state index < -0.39 is 0 Å². The van der Waals surface area contributed by atoms with Crippen molar-refractivity contribution in [3.63, 3.8) is 0 Å². The minimum Gasteiger partial charge on any atom is -0.484 e. The van der Waals surface area contributed by atoms with Crippen LogP contribution in [-0.4, -0.2) is 23.3 Å². The molecule has 0 saturated carbocycles. The molecule has 1 heterocycles. The summed E-state index contributed by atoms with van der Waals surface area (Å²) < 4.78 is 7.33. The summed E-state index contributed by atoms with van der Waals surface area (Å²) in [4.78, 5) is 11.8. The van der Waals surface area contributed by atoms with Crippen molar-refractivity contribution in [2.24, 2.45) is 5.10 Å². The third-order valence-electron chi connectivity index (χ3n) is 3.59. The van der Waals surface area contributed by atoms with Gasteiger partial charge in [0.05, 0.1) is 12.8 Å². The molecule has 0 radical (unpaired) electrons. The Hall–Kier alpha value is -3.52. The molecule has 1 aromatic heterocycles. The second-order valence-electron chi connectivity index (χ2n) is 5.33. The number of hydrazone groups is 1. The zero-order chi connectivity index (χ0) is 17.5. The van der Waals surface area contributed by atoms with Crippen LogP contribution in [0.15, 0.2) is 65.9 Å². The topological polar surface area (TPSA) is 55.6 Å². The number of terminal acetylenes is 1. The van der Waals surface area contributed by atoms with Gasteiger partial charge in [-0.2, -0.15) is 5.10 Å². The van der Waals surface area contributed by atoms with E-state index in [1.807, 2.05) is 53.2 Å². The number of amides is 1. The van der Waals surface area contributed by atoms with Gasteiger partial charge in [0.15, 0.2) is 6.61 Å². The van der Waals surface area contributed by atoms with Crippen LogP contribution in [-0.2, 0) is 11.3 Å². The Morgan fingerprint density at radius 1 is 1.20 bits per heavy atom. The van der Waals surface area contributed by atoms with E-state index >= 15 is 0 Å². The molecule has 1 amide bonds. The number of benzene rings is 2. The maximum Gasteiger partial charge on any atom is 0.277 e. The number of nitrogens with one attached hydrogen (secondary N) is 1. The first-order valence-corrected chi connectivity index (χ1v) is 7.79. The van der Waals surface area contributed by atoms with Crippen LogP contribution in [0.5, 0.6) is 5.75 Å². The monoisotopic (exact) mass is 331 g/mol. The molecule has 2 aromatic carbocycles. The van der Waals surface area contributed by atoms with Gasteiger partial charge in [-0.1, -0.05) is 42.3 Å². The molecule has 1 N–H and O–H groups in total. The van der Waals surface area contributed by atoms with Crippen molar-refractivity contribution in [2.75, 3.05) is 6.61 Å². The van der Waals surface area contributed by atoms with Crippen LogP contribution in [0.3, 0.4) is 0 Å². The summed E-state index contributed by atoms with van der Waals surface area (Å²) in [5.41, 5.74) is 4.38. The third kappa shape index (κ3) is 4.06. The molecule has 0 aliphatic rings. The highest BCUT2D eigenvalue weighted by Gasteiger charge is 2.06. The highest BCUT2D eigenvalue weighted by atomic mass is 16.5. The Labute approximate surface area is 145 Å². The Kier molecular flexibility index (Phi) is 5.13. The number of ether oxygens (including phenoxy) is 1. The quantitative estimate of drug-likeness (QED) is 0.429. The summed E-state index contributed by atoms with van der Waals surface area (Å²) in [6.07, 6.45) is 8.93. The standard InChI is InChI=1S/C20H17N3O2/c1-2-12-23-14-16(18-10-6-7-11-19(18)23)13-21-22-20(24)15-25-17-8-4-3-5-9-17/h1,3-11,13-14H,12,15H2,(H,22,24)/b21-13-. The van der Waals surface area contributed by atoms with Gasteiger partial charge in [-0.3, -0.25) is 4.79 Å². The first kappa shape index (κ1) is 16.3. The first-order valence-electron chi connectivity index (χ1n) is 7.79. The van der Waals surface area contributed by atoms with Crippen LogP contribution < -0.4 is 10.2 Å². The number of hydrogen-bond donors (Lipinski definition) is 1. The van der Waals surface area contributed by atoms with E-state index in [1.165, 1.54) is 0 Å². The molecule has 5 heteroatoms. The van der Waals surface area contributed by atoms with Crippen LogP contribution >= 0.6 is 0 Å². The molecule has 0 aliphatic heterocycles. The van der Waals surface area contributed by atoms with Gasteiger partial charge >= 0.3 is 0 Å². The molecule has 25 heavy (non-hydrogen) atoms. The summed E-state index contributed by atoms with van der Waals surface area (Å²) in [6.45, 7) is 0.381. The van der Waals surface area contributed by atoms with Crippen molar-refractivity contribution < 1.29 is 9.53 Å². The molecule has 0 aliphatic carbocycles. The first-order chi connectivity index (χ1) is 12.3. The maximum absolute atomic E-state index is 11.8. The number of nitrogens with zero attached hydrogens (tertiary/aromatic N) is 2. The lowest BCUT2D eigenvalue weighted by molar-refractivity contribution is -0.123. The molecule has 5 nitrogen and oxygen atoms in total. The summed E-state index contributed by atoms with van der Waals surface area (Å²) in [7, 11) is 0. The molecule has 0 unspecified atom stereocenters. The summed E-state index contributed by atoms with van der Waals surface area (Å²) in [5, 5.41) is 5.03. The van der Waals surface area contributed by atoms with Gasteiger partial charge in [-0.25, -0.2) is 5.43 Å². The zero-order valence-corrected chi connectivity index (χ0v) is 13.6. The molecule has 0 spiro atoms. The largest absolute Gasteiger partial charge is 0.484 e. The molecule has 0 saturated heterocycles. The van der Waals surface area contributed by atoms with E-state index in [4.69, 9.17) is 11.2 Å². The van der Waals surface area contributed by atoms with Gasteiger partial charge in [0, 0.05) is 22.7 Å². The molecule has 0 fully saturated rings. The minimum absolute atomic E-state index is 0.0970. The third-order valence-corrected chi connectivity index (χ3v) is 3.59. The van der Waals surface area contributed by atoms with Crippen LogP contribution in [0.4, 0.5) is 0 Å². The van der Waals surface area contributed by atoms with Crippen molar-refractivity contribution >= 4 is 23.0 Å². The zero-order valence-electron chi connectivity index (χ0n) is 13.6. The highest BCUT2D eigenvalue weighted by molar-refractivity contribution is 5.99. The van der Waals surface area contributed by atoms with Crippen LogP contribution in [0.1, 0.15) is 5.56 Å². The smallest absolute Gasteiger partial charge is 0.277 e. The average Bonchev–Trinajstić information content (AvgIpc) is 2.99. The number of aromatic nitrogens is 1. The lowest BCUT2D eigenvalue weighted by Crippen LogP contribution is -2.24. The number of para-hydroxylation sites is 2. The number of hydrogen-bond acceptors (Lipinski definition) is 3. The van der Waals surface area contributed by atoms with Crippen LogP contribution in [0, 0.1) is 12.3 Å². The second kappa shape index (κ2) is 7.84. The maximum atomic E-state index is 11.8. The molecule has 0 atom stereocenters. The highest BCUT2D eigenvalue weighted by Crippen LogP contribution is 2.19. The van der Waals surface area contributed by atoms with Crippen molar-refractivity contribution in [1.29, 1.82) is 0 Å². The van der Waals surface area contributed by atoms with Crippen molar-refractivity contribution in [3.05, 3.63) is 66.4 Å². The Morgan fingerprint density at radius 3 is 2.76 bits per heavy atom. The fourth-order valence-corrected chi connectivity index (χ4v) is 2.48. The van der Waals surface area contributed by atoms with Crippen molar-refractivity contribution in [1.82, 2.24) is 9.99 Å². The van der Waals surface area contributed by atoms with E-state index in [1.54, 1.807) is 18.3 Å². The molecule has 0 bridgehead atoms. The molecular weight excluding hydrogens is 314 g/mol. The number of fused-ring (bicyclic) bond motifs is 1. The lowest BCUT2D eigenvalue weighted by Gasteiger charge is -2.03. The van der Waals surface area contributed by atoms with Gasteiger partial charge in [0.1, 0.15) is 5.75 Å². The Morgan fingerprint density at radius 2 is 1.96 bits per heavy atom. The van der Waals surface area contributed by atoms with Crippen molar-refractivity contribution in [2.45, 2.75) is 6.54 Å².